The van der Waals surface area contributed by atoms with E-state index in [0.29, 0.717) is 25.4 Å². The molecule has 3 rings (SSSR count). The van der Waals surface area contributed by atoms with Crippen molar-refractivity contribution in [3.63, 3.8) is 0 Å². The van der Waals surface area contributed by atoms with Gasteiger partial charge in [-0.05, 0) is 24.3 Å². The summed E-state index contributed by atoms with van der Waals surface area (Å²) in [6.07, 6.45) is 0.877. The van der Waals surface area contributed by atoms with Crippen molar-refractivity contribution >= 4 is 21.8 Å². The first-order chi connectivity index (χ1) is 10.7. The lowest BCUT2D eigenvalue weighted by Gasteiger charge is -2.13. The van der Waals surface area contributed by atoms with Crippen molar-refractivity contribution in [3.05, 3.63) is 45.7 Å². The lowest BCUT2D eigenvalue weighted by molar-refractivity contribution is 0.0941. The number of carbonyl (C=O) groups excluding carboxylic acids is 1. The third-order valence-electron chi connectivity index (χ3n) is 3.49. The van der Waals surface area contributed by atoms with E-state index in [0.717, 1.165) is 34.4 Å². The molecule has 0 bridgehead atoms. The Morgan fingerprint density at radius 2 is 2.18 bits per heavy atom. The van der Waals surface area contributed by atoms with Gasteiger partial charge in [0.05, 0.1) is 6.54 Å². The Morgan fingerprint density at radius 3 is 3.00 bits per heavy atom. The van der Waals surface area contributed by atoms with Crippen molar-refractivity contribution < 1.29 is 9.53 Å². The number of nitrogens with one attached hydrogen (secondary N) is 3. The average Bonchev–Trinajstić information content (AvgIpc) is 2.97. The Hall–Kier alpha value is -1.86. The average molecular weight is 365 g/mol. The van der Waals surface area contributed by atoms with Crippen LogP contribution in [0.1, 0.15) is 21.7 Å². The Morgan fingerprint density at radius 1 is 1.36 bits per heavy atom. The zero-order valence-electron chi connectivity index (χ0n) is 12.0. The molecule has 7 heteroatoms. The summed E-state index contributed by atoms with van der Waals surface area (Å²) in [5.41, 5.74) is 2.50. The molecule has 0 aliphatic carbocycles. The van der Waals surface area contributed by atoms with E-state index in [1.165, 1.54) is 0 Å². The highest BCUT2D eigenvalue weighted by Crippen LogP contribution is 2.16. The highest BCUT2D eigenvalue weighted by atomic mass is 79.9. The Balaban J connectivity index is 1.48. The first kappa shape index (κ1) is 15.1. The van der Waals surface area contributed by atoms with Gasteiger partial charge in [0.1, 0.15) is 12.4 Å². The number of ether oxygens (including phenoxy) is 1. The third-order valence-corrected chi connectivity index (χ3v) is 4.02. The molecule has 1 amide bonds. The van der Waals surface area contributed by atoms with Crippen LogP contribution in [0.3, 0.4) is 0 Å². The van der Waals surface area contributed by atoms with Crippen LogP contribution in [-0.4, -0.2) is 35.8 Å². The van der Waals surface area contributed by atoms with Crippen LogP contribution in [0.4, 0.5) is 0 Å². The number of aromatic nitrogens is 2. The molecule has 0 radical (unpaired) electrons. The van der Waals surface area contributed by atoms with Crippen molar-refractivity contribution in [2.45, 2.75) is 13.0 Å². The molecule has 0 atom stereocenters. The second kappa shape index (κ2) is 6.93. The number of hydrogen-bond acceptors (Lipinski definition) is 4. The van der Waals surface area contributed by atoms with Crippen molar-refractivity contribution in [3.8, 4) is 5.75 Å². The van der Waals surface area contributed by atoms with E-state index in [4.69, 9.17) is 4.74 Å². The molecule has 1 aliphatic heterocycles. The third kappa shape index (κ3) is 3.48. The van der Waals surface area contributed by atoms with E-state index < -0.39 is 0 Å². The summed E-state index contributed by atoms with van der Waals surface area (Å²) < 4.78 is 6.57. The first-order valence-electron chi connectivity index (χ1n) is 7.17. The topological polar surface area (TPSA) is 79.0 Å². The van der Waals surface area contributed by atoms with Gasteiger partial charge >= 0.3 is 0 Å². The van der Waals surface area contributed by atoms with Gasteiger partial charge in [-0.2, -0.15) is 5.10 Å². The fraction of sp³-hybridized carbons (Fsp3) is 0.333. The normalized spacial score (nSPS) is 13.5. The molecule has 1 aromatic carbocycles. The van der Waals surface area contributed by atoms with Crippen LogP contribution >= 0.6 is 15.9 Å². The standard InChI is InChI=1S/C15H17BrN4O2/c16-10-1-3-11(4-2-10)22-8-7-18-15(21)14-12-9-17-6-5-13(12)19-20-14/h1-4,17H,5-9H2,(H,18,21)(H,19,20). The second-order valence-electron chi connectivity index (χ2n) is 5.01. The molecule has 1 aliphatic rings. The number of benzene rings is 1. The minimum Gasteiger partial charge on any atom is -0.492 e. The minimum absolute atomic E-state index is 0.166. The SMILES string of the molecule is O=C(NCCOc1ccc(Br)cc1)c1n[nH]c2c1CNCC2. The molecule has 2 aromatic rings. The maximum atomic E-state index is 12.2. The molecular weight excluding hydrogens is 348 g/mol. The fourth-order valence-electron chi connectivity index (χ4n) is 2.36. The summed E-state index contributed by atoms with van der Waals surface area (Å²) in [6, 6.07) is 7.58. The van der Waals surface area contributed by atoms with Gasteiger partial charge in [0.25, 0.3) is 5.91 Å². The van der Waals surface area contributed by atoms with Crippen molar-refractivity contribution in [1.29, 1.82) is 0 Å². The van der Waals surface area contributed by atoms with E-state index in [2.05, 4.69) is 36.8 Å². The minimum atomic E-state index is -0.166. The monoisotopic (exact) mass is 364 g/mol. The van der Waals surface area contributed by atoms with Crippen LogP contribution in [0.2, 0.25) is 0 Å². The lowest BCUT2D eigenvalue weighted by atomic mass is 10.1. The van der Waals surface area contributed by atoms with E-state index in [-0.39, 0.29) is 5.91 Å². The van der Waals surface area contributed by atoms with E-state index in [1.807, 2.05) is 24.3 Å². The van der Waals surface area contributed by atoms with Crippen LogP contribution in [0.25, 0.3) is 0 Å². The second-order valence-corrected chi connectivity index (χ2v) is 5.93. The molecule has 22 heavy (non-hydrogen) atoms. The Labute approximate surface area is 136 Å². The quantitative estimate of drug-likeness (QED) is 0.704. The number of amides is 1. The molecule has 0 unspecified atom stereocenters. The largest absolute Gasteiger partial charge is 0.492 e. The Kier molecular flexibility index (Phi) is 4.74. The number of nitrogens with zero attached hydrogens (tertiary/aromatic N) is 1. The van der Waals surface area contributed by atoms with E-state index in [1.54, 1.807) is 0 Å². The zero-order valence-corrected chi connectivity index (χ0v) is 13.6. The van der Waals surface area contributed by atoms with E-state index >= 15 is 0 Å². The van der Waals surface area contributed by atoms with Crippen LogP contribution in [-0.2, 0) is 13.0 Å². The van der Waals surface area contributed by atoms with Crippen LogP contribution in [0.5, 0.6) is 5.75 Å². The van der Waals surface area contributed by atoms with Gasteiger partial charge in [0, 0.05) is 35.2 Å². The van der Waals surface area contributed by atoms with Crippen LogP contribution in [0, 0.1) is 0 Å². The number of halogens is 1. The van der Waals surface area contributed by atoms with Crippen molar-refractivity contribution in [1.82, 2.24) is 20.8 Å². The number of rotatable bonds is 5. The predicted octanol–water partition coefficient (Wildman–Crippen LogP) is 1.63. The molecule has 0 fully saturated rings. The maximum absolute atomic E-state index is 12.2. The van der Waals surface area contributed by atoms with Gasteiger partial charge in [-0.15, -0.1) is 0 Å². The molecule has 3 N–H and O–H groups in total. The molecule has 2 heterocycles. The summed E-state index contributed by atoms with van der Waals surface area (Å²) in [7, 11) is 0. The predicted molar refractivity (Wildman–Crippen MR) is 86.0 cm³/mol. The van der Waals surface area contributed by atoms with E-state index in [9.17, 15) is 4.79 Å². The van der Waals surface area contributed by atoms with Crippen molar-refractivity contribution in [2.24, 2.45) is 0 Å². The molecule has 0 saturated carbocycles. The molecule has 116 valence electrons. The van der Waals surface area contributed by atoms with Gasteiger partial charge in [0.2, 0.25) is 0 Å². The first-order valence-corrected chi connectivity index (χ1v) is 7.97. The molecule has 0 saturated heterocycles. The maximum Gasteiger partial charge on any atom is 0.272 e. The smallest absolute Gasteiger partial charge is 0.272 e. The van der Waals surface area contributed by atoms with Gasteiger partial charge < -0.3 is 15.4 Å². The summed E-state index contributed by atoms with van der Waals surface area (Å²) in [5.74, 6) is 0.611. The molecule has 1 aromatic heterocycles. The lowest BCUT2D eigenvalue weighted by Crippen LogP contribution is -2.31. The zero-order chi connectivity index (χ0) is 15.4. The summed E-state index contributed by atoms with van der Waals surface area (Å²) >= 11 is 3.37. The van der Waals surface area contributed by atoms with Crippen LogP contribution < -0.4 is 15.4 Å². The summed E-state index contributed by atoms with van der Waals surface area (Å²) in [4.78, 5) is 12.2. The molecule has 6 nitrogen and oxygen atoms in total. The van der Waals surface area contributed by atoms with Crippen molar-refractivity contribution in [2.75, 3.05) is 19.7 Å². The highest BCUT2D eigenvalue weighted by molar-refractivity contribution is 9.10. The number of carbonyl (C=O) groups is 1. The van der Waals surface area contributed by atoms with Gasteiger partial charge in [0.15, 0.2) is 5.69 Å². The molecular formula is C15H17BrN4O2. The fourth-order valence-corrected chi connectivity index (χ4v) is 2.63. The van der Waals surface area contributed by atoms with Crippen LogP contribution in [0.15, 0.2) is 28.7 Å². The van der Waals surface area contributed by atoms with Gasteiger partial charge in [-0.25, -0.2) is 0 Å². The number of hydrogen-bond donors (Lipinski definition) is 3. The number of fused-ring (bicyclic) bond motifs is 1. The molecule has 0 spiro atoms. The number of H-pyrrole nitrogens is 1. The van der Waals surface area contributed by atoms with Gasteiger partial charge in [-0.3, -0.25) is 9.89 Å². The number of aromatic amines is 1. The highest BCUT2D eigenvalue weighted by Gasteiger charge is 2.21. The van der Waals surface area contributed by atoms with Gasteiger partial charge in [-0.1, -0.05) is 15.9 Å². The Bertz CT molecular complexity index is 654. The summed E-state index contributed by atoms with van der Waals surface area (Å²) in [5, 5.41) is 13.1. The summed E-state index contributed by atoms with van der Waals surface area (Å²) in [6.45, 7) is 2.45.